The molecule has 1 amide bonds. The Morgan fingerprint density at radius 1 is 1.47 bits per heavy atom. The first-order chi connectivity index (χ1) is 7.84. The van der Waals surface area contributed by atoms with E-state index in [0.29, 0.717) is 12.1 Å². The van der Waals surface area contributed by atoms with Gasteiger partial charge in [0, 0.05) is 6.54 Å². The van der Waals surface area contributed by atoms with Gasteiger partial charge < -0.3 is 5.32 Å². The van der Waals surface area contributed by atoms with Crippen molar-refractivity contribution >= 4 is 27.5 Å². The fourth-order valence-electron chi connectivity index (χ4n) is 1.39. The van der Waals surface area contributed by atoms with Crippen molar-refractivity contribution in [3.05, 3.63) is 29.3 Å². The van der Waals surface area contributed by atoms with Crippen LogP contribution in [-0.2, 0) is 21.4 Å². The van der Waals surface area contributed by atoms with Crippen LogP contribution >= 0.6 is 11.6 Å². The molecular weight excluding hydrogens is 264 g/mol. The predicted molar refractivity (Wildman–Crippen MR) is 65.1 cm³/mol. The van der Waals surface area contributed by atoms with Crippen molar-refractivity contribution in [3.8, 4) is 0 Å². The topological polar surface area (TPSA) is 89.3 Å². The third-order valence-corrected chi connectivity index (χ3v) is 3.47. The average molecular weight is 277 g/mol. The second kappa shape index (κ2) is 5.48. The molecule has 1 aromatic rings. The number of hydrogen-bond acceptors (Lipinski definition) is 3. The molecule has 1 rings (SSSR count). The van der Waals surface area contributed by atoms with Crippen LogP contribution in [0.5, 0.6) is 0 Å². The number of rotatable bonds is 4. The number of halogens is 1. The lowest BCUT2D eigenvalue weighted by Crippen LogP contribution is -2.23. The monoisotopic (exact) mass is 276 g/mol. The van der Waals surface area contributed by atoms with Crippen LogP contribution in [0, 0.1) is 6.92 Å². The van der Waals surface area contributed by atoms with E-state index in [1.54, 1.807) is 19.1 Å². The van der Waals surface area contributed by atoms with Crippen LogP contribution in [0.15, 0.2) is 23.1 Å². The molecule has 0 spiro atoms. The number of alkyl halides is 1. The maximum atomic E-state index is 11.2. The Bertz CT molecular complexity index is 528. The van der Waals surface area contributed by atoms with E-state index >= 15 is 0 Å². The smallest absolute Gasteiger partial charge is 0.238 e. The largest absolute Gasteiger partial charge is 0.351 e. The molecule has 0 aliphatic carbocycles. The maximum absolute atomic E-state index is 11.2. The standard InChI is InChI=1S/C10H13ClN2O3S/c1-7-4-8(6-13-10(14)5-11)2-3-9(7)17(12,15)16/h2-4H,5-6H2,1H3,(H,13,14)(H2,12,15,16). The summed E-state index contributed by atoms with van der Waals surface area (Å²) < 4.78 is 22.3. The van der Waals surface area contributed by atoms with Gasteiger partial charge >= 0.3 is 0 Å². The van der Waals surface area contributed by atoms with Crippen LogP contribution in [-0.4, -0.2) is 20.2 Å². The third kappa shape index (κ3) is 3.99. The summed E-state index contributed by atoms with van der Waals surface area (Å²) in [6, 6.07) is 4.68. The van der Waals surface area contributed by atoms with Gasteiger partial charge in [0.05, 0.1) is 4.90 Å². The number of sulfonamides is 1. The molecule has 0 aromatic heterocycles. The highest BCUT2D eigenvalue weighted by atomic mass is 35.5. The van der Waals surface area contributed by atoms with Crippen molar-refractivity contribution in [2.45, 2.75) is 18.4 Å². The number of benzene rings is 1. The third-order valence-electron chi connectivity index (χ3n) is 2.16. The van der Waals surface area contributed by atoms with Crippen molar-refractivity contribution in [3.63, 3.8) is 0 Å². The van der Waals surface area contributed by atoms with Gasteiger partial charge in [-0.05, 0) is 24.1 Å². The molecule has 0 aliphatic heterocycles. The Balaban J connectivity index is 2.87. The van der Waals surface area contributed by atoms with Crippen LogP contribution in [0.3, 0.4) is 0 Å². The lowest BCUT2D eigenvalue weighted by atomic mass is 10.1. The van der Waals surface area contributed by atoms with Gasteiger partial charge in [0.15, 0.2) is 0 Å². The van der Waals surface area contributed by atoms with E-state index in [1.807, 2.05) is 0 Å². The first kappa shape index (κ1) is 14.0. The van der Waals surface area contributed by atoms with Crippen LogP contribution in [0.4, 0.5) is 0 Å². The number of carbonyl (C=O) groups excluding carboxylic acids is 1. The summed E-state index contributed by atoms with van der Waals surface area (Å²) in [5.74, 6) is -0.381. The summed E-state index contributed by atoms with van der Waals surface area (Å²) in [5.41, 5.74) is 1.33. The second-order valence-corrected chi connectivity index (χ2v) is 5.35. The molecule has 0 saturated carbocycles. The van der Waals surface area contributed by atoms with Gasteiger partial charge in [-0.1, -0.05) is 12.1 Å². The van der Waals surface area contributed by atoms with Gasteiger partial charge in [-0.15, -0.1) is 11.6 Å². The lowest BCUT2D eigenvalue weighted by molar-refractivity contribution is -0.118. The molecule has 0 radical (unpaired) electrons. The van der Waals surface area contributed by atoms with Gasteiger partial charge in [0.2, 0.25) is 15.9 Å². The first-order valence-corrected chi connectivity index (χ1v) is 6.87. The second-order valence-electron chi connectivity index (χ2n) is 3.56. The number of nitrogens with one attached hydrogen (secondary N) is 1. The van der Waals surface area contributed by atoms with Gasteiger partial charge in [0.1, 0.15) is 5.88 Å². The van der Waals surface area contributed by atoms with E-state index in [2.05, 4.69) is 5.32 Å². The van der Waals surface area contributed by atoms with E-state index in [9.17, 15) is 13.2 Å². The van der Waals surface area contributed by atoms with E-state index in [0.717, 1.165) is 5.56 Å². The molecule has 0 fully saturated rings. The lowest BCUT2D eigenvalue weighted by Gasteiger charge is -2.07. The minimum atomic E-state index is -3.69. The zero-order valence-corrected chi connectivity index (χ0v) is 10.8. The fourth-order valence-corrected chi connectivity index (χ4v) is 2.25. The summed E-state index contributed by atoms with van der Waals surface area (Å²) in [4.78, 5) is 11.0. The minimum absolute atomic E-state index is 0.0879. The minimum Gasteiger partial charge on any atom is -0.351 e. The van der Waals surface area contributed by atoms with E-state index in [-0.39, 0.29) is 16.7 Å². The van der Waals surface area contributed by atoms with E-state index in [4.69, 9.17) is 16.7 Å². The number of aryl methyl sites for hydroxylation is 1. The summed E-state index contributed by atoms with van der Waals surface area (Å²) >= 11 is 5.33. The van der Waals surface area contributed by atoms with Gasteiger partial charge in [-0.3, -0.25) is 4.79 Å². The SMILES string of the molecule is Cc1cc(CNC(=O)CCl)ccc1S(N)(=O)=O. The van der Waals surface area contributed by atoms with Crippen molar-refractivity contribution in [2.24, 2.45) is 5.14 Å². The van der Waals surface area contributed by atoms with Crippen LogP contribution in [0.25, 0.3) is 0 Å². The Kier molecular flexibility index (Phi) is 4.50. The quantitative estimate of drug-likeness (QED) is 0.785. The Labute approximate surface area is 105 Å². The molecule has 0 bridgehead atoms. The first-order valence-electron chi connectivity index (χ1n) is 4.79. The van der Waals surface area contributed by atoms with Gasteiger partial charge in [-0.2, -0.15) is 0 Å². The highest BCUT2D eigenvalue weighted by Gasteiger charge is 2.11. The normalized spacial score (nSPS) is 11.2. The molecule has 0 atom stereocenters. The van der Waals surface area contributed by atoms with Crippen molar-refractivity contribution in [2.75, 3.05) is 5.88 Å². The molecule has 7 heteroatoms. The summed E-state index contributed by atoms with van der Waals surface area (Å²) in [6.45, 7) is 1.95. The summed E-state index contributed by atoms with van der Waals surface area (Å²) in [6.07, 6.45) is 0. The molecule has 0 unspecified atom stereocenters. The highest BCUT2D eigenvalue weighted by molar-refractivity contribution is 7.89. The predicted octanol–water partition coefficient (Wildman–Crippen LogP) is 0.497. The zero-order valence-electron chi connectivity index (χ0n) is 9.23. The van der Waals surface area contributed by atoms with Crippen LogP contribution in [0.1, 0.15) is 11.1 Å². The van der Waals surface area contributed by atoms with Gasteiger partial charge in [-0.25, -0.2) is 13.6 Å². The molecule has 5 nitrogen and oxygen atoms in total. The molecule has 0 saturated heterocycles. The number of amides is 1. The molecule has 3 N–H and O–H groups in total. The van der Waals surface area contributed by atoms with Crippen LogP contribution < -0.4 is 10.5 Å². The molecule has 0 heterocycles. The Hall–Kier alpha value is -1.11. The molecule has 94 valence electrons. The van der Waals surface area contributed by atoms with E-state index in [1.165, 1.54) is 6.07 Å². The number of hydrogen-bond donors (Lipinski definition) is 2. The molecule has 17 heavy (non-hydrogen) atoms. The Morgan fingerprint density at radius 2 is 2.12 bits per heavy atom. The summed E-state index contributed by atoms with van der Waals surface area (Å²) in [5, 5.41) is 7.62. The number of primary sulfonamides is 1. The molecule has 1 aromatic carbocycles. The molecule has 0 aliphatic rings. The van der Waals surface area contributed by atoms with Crippen LogP contribution in [0.2, 0.25) is 0 Å². The van der Waals surface area contributed by atoms with Crippen molar-refractivity contribution < 1.29 is 13.2 Å². The number of nitrogens with two attached hydrogens (primary N) is 1. The van der Waals surface area contributed by atoms with Gasteiger partial charge in [0.25, 0.3) is 0 Å². The average Bonchev–Trinajstić information content (AvgIpc) is 2.24. The van der Waals surface area contributed by atoms with Crippen molar-refractivity contribution in [1.29, 1.82) is 0 Å². The van der Waals surface area contributed by atoms with E-state index < -0.39 is 10.0 Å². The number of carbonyl (C=O) groups is 1. The Morgan fingerprint density at radius 3 is 2.59 bits per heavy atom. The highest BCUT2D eigenvalue weighted by Crippen LogP contribution is 2.15. The maximum Gasteiger partial charge on any atom is 0.238 e. The fraction of sp³-hybridized carbons (Fsp3) is 0.300. The molecular formula is C10H13ClN2O3S. The summed E-state index contributed by atoms with van der Waals surface area (Å²) in [7, 11) is -3.69. The zero-order chi connectivity index (χ0) is 13.1. The van der Waals surface area contributed by atoms with Crippen molar-refractivity contribution in [1.82, 2.24) is 5.32 Å².